The molecule has 0 radical (unpaired) electrons. The number of hydrogen-bond acceptors (Lipinski definition) is 4. The monoisotopic (exact) mass is 207 g/mol. The molecular weight excluding hydrogens is 198 g/mol. The lowest BCUT2D eigenvalue weighted by Gasteiger charge is -2.16. The van der Waals surface area contributed by atoms with Gasteiger partial charge < -0.3 is 10.0 Å². The Morgan fingerprint density at radius 2 is 2.43 bits per heavy atom. The fourth-order valence-corrected chi connectivity index (χ4v) is 2.13. The van der Waals surface area contributed by atoms with Crippen LogP contribution in [0.3, 0.4) is 0 Å². The zero-order chi connectivity index (χ0) is 10.7. The van der Waals surface area contributed by atoms with Gasteiger partial charge >= 0.3 is 0 Å². The molecular formula is C9H9N3OS. The van der Waals surface area contributed by atoms with Gasteiger partial charge in [-0.3, -0.25) is 0 Å². The fourth-order valence-electron chi connectivity index (χ4n) is 1.12. The molecule has 0 aromatic rings. The molecule has 1 heterocycles. The van der Waals surface area contributed by atoms with Crippen molar-refractivity contribution >= 4 is 11.8 Å². The Kier molecular flexibility index (Phi) is 3.06. The minimum absolute atomic E-state index is 0.0280. The molecule has 5 heteroatoms. The van der Waals surface area contributed by atoms with Crippen LogP contribution >= 0.6 is 11.8 Å². The maximum Gasteiger partial charge on any atom is 0.291 e. The van der Waals surface area contributed by atoms with Crippen LogP contribution in [0.1, 0.15) is 13.8 Å². The lowest BCUT2D eigenvalue weighted by molar-refractivity contribution is 0.259. The standard InChI is InChI=1S/C9H9N3OS/c1-4-12-8(13)6(2)14-9(12)7(5-10)11-3/h13H,4H2,1-2H3/b9-7+. The normalized spacial score (nSPS) is 19.3. The molecule has 0 atom stereocenters. The first-order valence-electron chi connectivity index (χ1n) is 4.02. The van der Waals surface area contributed by atoms with E-state index in [1.165, 1.54) is 11.8 Å². The molecule has 4 nitrogen and oxygen atoms in total. The van der Waals surface area contributed by atoms with Gasteiger partial charge in [0.15, 0.2) is 0 Å². The summed E-state index contributed by atoms with van der Waals surface area (Å²) in [5.41, 5.74) is 0.0280. The molecule has 1 N–H and O–H groups in total. The molecule has 1 aliphatic heterocycles. The van der Waals surface area contributed by atoms with Gasteiger partial charge in [-0.2, -0.15) is 0 Å². The molecule has 0 saturated heterocycles. The van der Waals surface area contributed by atoms with Gasteiger partial charge in [-0.05, 0) is 13.8 Å². The van der Waals surface area contributed by atoms with Crippen molar-refractivity contribution < 1.29 is 5.11 Å². The van der Waals surface area contributed by atoms with Gasteiger partial charge in [0.2, 0.25) is 5.88 Å². The van der Waals surface area contributed by atoms with E-state index in [0.717, 1.165) is 4.91 Å². The number of aliphatic hydroxyl groups is 1. The maximum absolute atomic E-state index is 9.61. The molecule has 0 spiro atoms. The largest absolute Gasteiger partial charge is 0.494 e. The summed E-state index contributed by atoms with van der Waals surface area (Å²) in [5, 5.41) is 18.8. The minimum Gasteiger partial charge on any atom is -0.494 e. The van der Waals surface area contributed by atoms with Crippen molar-refractivity contribution in [3.05, 3.63) is 32.9 Å². The second-order valence-electron chi connectivity index (χ2n) is 2.60. The smallest absolute Gasteiger partial charge is 0.291 e. The van der Waals surface area contributed by atoms with Gasteiger partial charge in [0.1, 0.15) is 0 Å². The van der Waals surface area contributed by atoms with Crippen LogP contribution < -0.4 is 0 Å². The molecule has 0 aliphatic carbocycles. The summed E-state index contributed by atoms with van der Waals surface area (Å²) in [7, 11) is 0. The van der Waals surface area contributed by atoms with Crippen LogP contribution in [0.15, 0.2) is 21.5 Å². The Morgan fingerprint density at radius 3 is 2.86 bits per heavy atom. The van der Waals surface area contributed by atoms with E-state index in [9.17, 15) is 5.11 Å². The number of thioether (sulfide) groups is 1. The van der Waals surface area contributed by atoms with Crippen molar-refractivity contribution in [1.82, 2.24) is 4.90 Å². The molecule has 1 aliphatic rings. The van der Waals surface area contributed by atoms with Crippen LogP contribution in [0.2, 0.25) is 0 Å². The quantitative estimate of drug-likeness (QED) is 0.530. The van der Waals surface area contributed by atoms with Gasteiger partial charge in [-0.25, -0.2) is 10.1 Å². The van der Waals surface area contributed by atoms with E-state index in [0.29, 0.717) is 11.6 Å². The van der Waals surface area contributed by atoms with Gasteiger partial charge in [0, 0.05) is 11.4 Å². The van der Waals surface area contributed by atoms with Gasteiger partial charge in [0.05, 0.1) is 17.7 Å². The van der Waals surface area contributed by atoms with Crippen LogP contribution in [0.4, 0.5) is 0 Å². The summed E-state index contributed by atoms with van der Waals surface area (Å²) >= 11 is 1.26. The average Bonchev–Trinajstić information content (AvgIpc) is 2.45. The number of rotatable bonds is 1. The third kappa shape index (κ3) is 1.55. The SMILES string of the molecule is [C-]#[N+]/C(C#N)=C1/SC(C)=C(O)N1CC. The highest BCUT2D eigenvalue weighted by Crippen LogP contribution is 2.41. The number of nitriles is 1. The van der Waals surface area contributed by atoms with Gasteiger partial charge in [-0.1, -0.05) is 11.8 Å². The number of nitrogens with zero attached hydrogens (tertiary/aromatic N) is 3. The van der Waals surface area contributed by atoms with Crippen LogP contribution in [0.25, 0.3) is 4.85 Å². The van der Waals surface area contributed by atoms with E-state index in [1.54, 1.807) is 11.8 Å². The second-order valence-corrected chi connectivity index (χ2v) is 3.81. The summed E-state index contributed by atoms with van der Waals surface area (Å²) in [6.07, 6.45) is 0. The molecule has 0 aromatic carbocycles. The topological polar surface area (TPSA) is 51.6 Å². The van der Waals surface area contributed by atoms with Crippen molar-refractivity contribution in [1.29, 1.82) is 5.26 Å². The van der Waals surface area contributed by atoms with Crippen LogP contribution in [-0.2, 0) is 0 Å². The Bertz CT molecular complexity index is 381. The Balaban J connectivity index is 3.17. The highest BCUT2D eigenvalue weighted by atomic mass is 32.2. The highest BCUT2D eigenvalue weighted by molar-refractivity contribution is 8.06. The van der Waals surface area contributed by atoms with Gasteiger partial charge in [-0.15, -0.1) is 0 Å². The second kappa shape index (κ2) is 4.08. The minimum atomic E-state index is 0.0280. The van der Waals surface area contributed by atoms with E-state index in [-0.39, 0.29) is 11.6 Å². The lowest BCUT2D eigenvalue weighted by atomic mass is 10.4. The molecule has 1 rings (SSSR count). The summed E-state index contributed by atoms with van der Waals surface area (Å²) in [6, 6.07) is 1.82. The van der Waals surface area contributed by atoms with Crippen LogP contribution in [-0.4, -0.2) is 16.6 Å². The third-order valence-corrected chi connectivity index (χ3v) is 2.90. The zero-order valence-corrected chi connectivity index (χ0v) is 8.72. The first-order chi connectivity index (χ1) is 6.65. The first-order valence-corrected chi connectivity index (χ1v) is 4.84. The van der Waals surface area contributed by atoms with Crippen LogP contribution in [0, 0.1) is 17.9 Å². The summed E-state index contributed by atoms with van der Waals surface area (Å²) in [6.45, 7) is 11.0. The van der Waals surface area contributed by atoms with Crippen LogP contribution in [0.5, 0.6) is 0 Å². The number of allylic oxidation sites excluding steroid dienone is 2. The highest BCUT2D eigenvalue weighted by Gasteiger charge is 2.27. The molecule has 72 valence electrons. The Morgan fingerprint density at radius 1 is 1.79 bits per heavy atom. The van der Waals surface area contributed by atoms with Crippen molar-refractivity contribution in [3.63, 3.8) is 0 Å². The number of hydrogen-bond donors (Lipinski definition) is 1. The summed E-state index contributed by atoms with van der Waals surface area (Å²) < 4.78 is 0. The maximum atomic E-state index is 9.61. The number of aliphatic hydroxyl groups excluding tert-OH is 1. The summed E-state index contributed by atoms with van der Waals surface area (Å²) in [5.74, 6) is 0.143. The van der Waals surface area contributed by atoms with Crippen molar-refractivity contribution in [2.45, 2.75) is 13.8 Å². The Hall–Kier alpha value is -1.59. The molecule has 0 amide bonds. The molecule has 0 saturated carbocycles. The fraction of sp³-hybridized carbons (Fsp3) is 0.333. The molecule has 0 bridgehead atoms. The molecule has 0 aromatic heterocycles. The molecule has 14 heavy (non-hydrogen) atoms. The van der Waals surface area contributed by atoms with E-state index in [4.69, 9.17) is 11.8 Å². The lowest BCUT2D eigenvalue weighted by Crippen LogP contribution is -2.17. The summed E-state index contributed by atoms with van der Waals surface area (Å²) in [4.78, 5) is 5.41. The van der Waals surface area contributed by atoms with E-state index >= 15 is 0 Å². The van der Waals surface area contributed by atoms with Gasteiger partial charge in [0.25, 0.3) is 5.70 Å². The first kappa shape index (κ1) is 10.5. The predicted molar refractivity (Wildman–Crippen MR) is 54.5 cm³/mol. The third-order valence-electron chi connectivity index (χ3n) is 1.80. The molecule has 0 fully saturated rings. The van der Waals surface area contributed by atoms with Crippen molar-refractivity contribution in [2.75, 3.05) is 6.54 Å². The van der Waals surface area contributed by atoms with Crippen molar-refractivity contribution in [2.24, 2.45) is 0 Å². The van der Waals surface area contributed by atoms with E-state index < -0.39 is 0 Å². The van der Waals surface area contributed by atoms with E-state index in [2.05, 4.69) is 4.85 Å². The van der Waals surface area contributed by atoms with Crippen molar-refractivity contribution in [3.8, 4) is 6.07 Å². The average molecular weight is 207 g/mol. The zero-order valence-electron chi connectivity index (χ0n) is 7.90. The van der Waals surface area contributed by atoms with E-state index in [1.807, 2.05) is 13.0 Å². The Labute approximate surface area is 86.9 Å². The predicted octanol–water partition coefficient (Wildman–Crippen LogP) is 2.41. The molecule has 0 unspecified atom stereocenters.